The molecule has 4 nitrogen and oxygen atoms in total. The van der Waals surface area contributed by atoms with Gasteiger partial charge in [0, 0.05) is 18.9 Å². The van der Waals surface area contributed by atoms with Crippen molar-refractivity contribution < 1.29 is 19.3 Å². The Hall–Kier alpha value is -0.160. The van der Waals surface area contributed by atoms with Crippen LogP contribution in [0, 0.1) is 5.41 Å². The Morgan fingerprint density at radius 2 is 1.68 bits per heavy atom. The van der Waals surface area contributed by atoms with Crippen LogP contribution in [0.15, 0.2) is 0 Å². The van der Waals surface area contributed by atoms with Gasteiger partial charge in [-0.05, 0) is 12.8 Å². The van der Waals surface area contributed by atoms with E-state index >= 15 is 0 Å². The van der Waals surface area contributed by atoms with Crippen molar-refractivity contribution in [1.82, 2.24) is 0 Å². The molecular formula is C15H28O4. The van der Waals surface area contributed by atoms with Crippen molar-refractivity contribution in [1.29, 1.82) is 0 Å². The molecule has 2 aliphatic carbocycles. The van der Waals surface area contributed by atoms with Gasteiger partial charge >= 0.3 is 0 Å². The monoisotopic (exact) mass is 272 g/mol. The van der Waals surface area contributed by atoms with Gasteiger partial charge in [-0.3, -0.25) is 0 Å². The van der Waals surface area contributed by atoms with E-state index in [9.17, 15) is 5.11 Å². The second-order valence-corrected chi connectivity index (χ2v) is 5.86. The Bertz CT molecular complexity index is 249. The quantitative estimate of drug-likeness (QED) is 0.721. The van der Waals surface area contributed by atoms with Gasteiger partial charge in [-0.1, -0.05) is 25.7 Å². The standard InChI is InChI=1S/C15H28O4/c1-17-8-9-18-10-11-19-14-12-13(16)15(14)6-4-2-3-5-7-15/h13-14,16H,2-12H2,1H3. The van der Waals surface area contributed by atoms with Crippen LogP contribution < -0.4 is 0 Å². The van der Waals surface area contributed by atoms with Gasteiger partial charge in [0.15, 0.2) is 0 Å². The fourth-order valence-electron chi connectivity index (χ4n) is 3.50. The minimum Gasteiger partial charge on any atom is -0.392 e. The lowest BCUT2D eigenvalue weighted by Crippen LogP contribution is -2.58. The number of aliphatic hydroxyl groups excluding tert-OH is 1. The minimum atomic E-state index is -0.148. The van der Waals surface area contributed by atoms with Gasteiger partial charge in [0.25, 0.3) is 0 Å². The maximum atomic E-state index is 10.2. The molecule has 2 atom stereocenters. The van der Waals surface area contributed by atoms with Crippen molar-refractivity contribution in [2.75, 3.05) is 33.5 Å². The fourth-order valence-corrected chi connectivity index (χ4v) is 3.50. The summed E-state index contributed by atoms with van der Waals surface area (Å²) in [6, 6.07) is 0. The summed E-state index contributed by atoms with van der Waals surface area (Å²) in [5.74, 6) is 0. The summed E-state index contributed by atoms with van der Waals surface area (Å²) < 4.78 is 16.3. The van der Waals surface area contributed by atoms with Crippen molar-refractivity contribution in [3.05, 3.63) is 0 Å². The SMILES string of the molecule is COCCOCCOC1CC(O)C12CCCCCC2. The number of aliphatic hydroxyl groups is 1. The summed E-state index contributed by atoms with van der Waals surface area (Å²) >= 11 is 0. The first-order valence-corrected chi connectivity index (χ1v) is 7.66. The highest BCUT2D eigenvalue weighted by atomic mass is 16.5. The maximum Gasteiger partial charge on any atom is 0.0704 e. The highest BCUT2D eigenvalue weighted by Gasteiger charge is 2.54. The van der Waals surface area contributed by atoms with E-state index < -0.39 is 0 Å². The van der Waals surface area contributed by atoms with Crippen LogP contribution in [-0.4, -0.2) is 50.9 Å². The second kappa shape index (κ2) is 7.58. The van der Waals surface area contributed by atoms with Crippen molar-refractivity contribution >= 4 is 0 Å². The highest BCUT2D eigenvalue weighted by Crippen LogP contribution is 2.52. The molecule has 112 valence electrons. The van der Waals surface area contributed by atoms with E-state index in [-0.39, 0.29) is 17.6 Å². The predicted octanol–water partition coefficient (Wildman–Crippen LogP) is 2.14. The molecule has 0 saturated heterocycles. The summed E-state index contributed by atoms with van der Waals surface area (Å²) in [6.07, 6.45) is 8.24. The number of hydrogen-bond acceptors (Lipinski definition) is 4. The number of rotatable bonds is 7. The second-order valence-electron chi connectivity index (χ2n) is 5.86. The first kappa shape index (κ1) is 15.2. The predicted molar refractivity (Wildman–Crippen MR) is 73.2 cm³/mol. The molecule has 1 N–H and O–H groups in total. The molecule has 0 aromatic rings. The molecule has 19 heavy (non-hydrogen) atoms. The smallest absolute Gasteiger partial charge is 0.0704 e. The van der Waals surface area contributed by atoms with Crippen LogP contribution >= 0.6 is 0 Å². The third kappa shape index (κ3) is 3.69. The van der Waals surface area contributed by atoms with Crippen molar-refractivity contribution in [3.8, 4) is 0 Å². The van der Waals surface area contributed by atoms with E-state index in [1.807, 2.05) is 0 Å². The Morgan fingerprint density at radius 1 is 1.00 bits per heavy atom. The van der Waals surface area contributed by atoms with Crippen molar-refractivity contribution in [2.24, 2.45) is 5.41 Å². The first-order valence-electron chi connectivity index (χ1n) is 7.66. The topological polar surface area (TPSA) is 47.9 Å². The lowest BCUT2D eigenvalue weighted by atomic mass is 9.59. The van der Waals surface area contributed by atoms with Gasteiger partial charge in [-0.2, -0.15) is 0 Å². The molecule has 2 fully saturated rings. The summed E-state index contributed by atoms with van der Waals surface area (Å²) in [5.41, 5.74) is 0.0586. The molecule has 1 spiro atoms. The average Bonchev–Trinajstić information content (AvgIpc) is 2.69. The molecule has 0 aromatic carbocycles. The van der Waals surface area contributed by atoms with E-state index in [0.717, 1.165) is 19.3 Å². The van der Waals surface area contributed by atoms with Gasteiger partial charge in [0.2, 0.25) is 0 Å². The molecule has 2 aliphatic rings. The van der Waals surface area contributed by atoms with Gasteiger partial charge in [0.05, 0.1) is 38.6 Å². The van der Waals surface area contributed by atoms with E-state index in [1.54, 1.807) is 7.11 Å². The van der Waals surface area contributed by atoms with Gasteiger partial charge in [-0.25, -0.2) is 0 Å². The van der Waals surface area contributed by atoms with Crippen LogP contribution in [0.4, 0.5) is 0 Å². The summed E-state index contributed by atoms with van der Waals surface area (Å²) in [6.45, 7) is 2.50. The Kier molecular flexibility index (Phi) is 6.07. The summed E-state index contributed by atoms with van der Waals surface area (Å²) in [4.78, 5) is 0. The van der Waals surface area contributed by atoms with Gasteiger partial charge < -0.3 is 19.3 Å². The van der Waals surface area contributed by atoms with Crippen LogP contribution in [0.3, 0.4) is 0 Å². The zero-order valence-corrected chi connectivity index (χ0v) is 12.1. The molecular weight excluding hydrogens is 244 g/mol. The van der Waals surface area contributed by atoms with E-state index in [0.29, 0.717) is 26.4 Å². The van der Waals surface area contributed by atoms with Crippen molar-refractivity contribution in [2.45, 2.75) is 57.2 Å². The summed E-state index contributed by atoms with van der Waals surface area (Å²) in [7, 11) is 1.67. The van der Waals surface area contributed by atoms with Gasteiger partial charge in [0.1, 0.15) is 0 Å². The van der Waals surface area contributed by atoms with Crippen LogP contribution in [0.5, 0.6) is 0 Å². The van der Waals surface area contributed by atoms with Crippen LogP contribution in [0.25, 0.3) is 0 Å². The van der Waals surface area contributed by atoms with E-state index in [1.165, 1.54) is 25.7 Å². The zero-order chi connectivity index (χ0) is 13.6. The summed E-state index contributed by atoms with van der Waals surface area (Å²) in [5, 5.41) is 10.2. The average molecular weight is 272 g/mol. The minimum absolute atomic E-state index is 0.0586. The zero-order valence-electron chi connectivity index (χ0n) is 12.1. The maximum absolute atomic E-state index is 10.2. The highest BCUT2D eigenvalue weighted by molar-refractivity contribution is 5.04. The molecule has 2 rings (SSSR count). The fraction of sp³-hybridized carbons (Fsp3) is 1.00. The molecule has 0 aromatic heterocycles. The third-order valence-electron chi connectivity index (χ3n) is 4.76. The van der Waals surface area contributed by atoms with Crippen molar-refractivity contribution in [3.63, 3.8) is 0 Å². The van der Waals surface area contributed by atoms with Crippen LogP contribution in [-0.2, 0) is 14.2 Å². The Labute approximate surface area is 116 Å². The third-order valence-corrected chi connectivity index (χ3v) is 4.76. The number of ether oxygens (including phenoxy) is 3. The largest absolute Gasteiger partial charge is 0.392 e. The van der Waals surface area contributed by atoms with E-state index in [4.69, 9.17) is 14.2 Å². The lowest BCUT2D eigenvalue weighted by molar-refractivity contribution is -0.202. The Morgan fingerprint density at radius 3 is 2.32 bits per heavy atom. The normalized spacial score (nSPS) is 30.0. The number of methoxy groups -OCH3 is 1. The molecule has 2 saturated carbocycles. The van der Waals surface area contributed by atoms with Gasteiger partial charge in [-0.15, -0.1) is 0 Å². The molecule has 0 aliphatic heterocycles. The van der Waals surface area contributed by atoms with E-state index in [2.05, 4.69) is 0 Å². The first-order chi connectivity index (χ1) is 9.29. The molecule has 0 heterocycles. The molecule has 2 unspecified atom stereocenters. The molecule has 4 heteroatoms. The van der Waals surface area contributed by atoms with Crippen LogP contribution in [0.1, 0.15) is 44.9 Å². The molecule has 0 radical (unpaired) electrons. The number of hydrogen-bond donors (Lipinski definition) is 1. The molecule has 0 bridgehead atoms. The Balaban J connectivity index is 1.68. The lowest BCUT2D eigenvalue weighted by Gasteiger charge is -2.53. The molecule has 0 amide bonds. The van der Waals surface area contributed by atoms with Crippen LogP contribution in [0.2, 0.25) is 0 Å².